The van der Waals surface area contributed by atoms with Crippen molar-refractivity contribution in [3.63, 3.8) is 0 Å². The van der Waals surface area contributed by atoms with E-state index in [1.165, 1.54) is 24.1 Å². The summed E-state index contributed by atoms with van der Waals surface area (Å²) in [6.45, 7) is 2.06. The molecule has 1 aromatic heterocycles. The van der Waals surface area contributed by atoms with Gasteiger partial charge in [0.25, 0.3) is 5.69 Å². The first-order valence-electron chi connectivity index (χ1n) is 7.24. The summed E-state index contributed by atoms with van der Waals surface area (Å²) in [5.41, 5.74) is -0.0707. The van der Waals surface area contributed by atoms with E-state index in [0.29, 0.717) is 17.0 Å². The molecule has 0 unspecified atom stereocenters. The van der Waals surface area contributed by atoms with Crippen LogP contribution < -0.4 is 4.74 Å². The molecule has 0 aliphatic heterocycles. The molecule has 24 heavy (non-hydrogen) atoms. The van der Waals surface area contributed by atoms with Crippen molar-refractivity contribution in [1.82, 2.24) is 14.9 Å². The molecule has 1 heterocycles. The van der Waals surface area contributed by atoms with Crippen molar-refractivity contribution in [2.45, 2.75) is 26.2 Å². The Bertz CT molecular complexity index is 827. The van der Waals surface area contributed by atoms with Crippen molar-refractivity contribution in [2.75, 3.05) is 7.11 Å². The quantitative estimate of drug-likeness (QED) is 0.343. The zero-order valence-electron chi connectivity index (χ0n) is 13.2. The molecule has 0 saturated heterocycles. The molecular formula is C14H17N5O4S. The minimum Gasteiger partial charge on any atom is -0.504 e. The number of aromatic nitrogens is 3. The van der Waals surface area contributed by atoms with Crippen LogP contribution in [0.3, 0.4) is 0 Å². The van der Waals surface area contributed by atoms with Crippen molar-refractivity contribution in [2.24, 2.45) is 5.10 Å². The lowest BCUT2D eigenvalue weighted by atomic mass is 10.2. The number of hydrogen-bond acceptors (Lipinski definition) is 7. The maximum absolute atomic E-state index is 11.0. The molecule has 0 fully saturated rings. The van der Waals surface area contributed by atoms with Gasteiger partial charge in [-0.05, 0) is 18.6 Å². The number of phenols is 1. The predicted octanol–water partition coefficient (Wildman–Crippen LogP) is 2.79. The van der Waals surface area contributed by atoms with Crippen molar-refractivity contribution in [3.8, 4) is 11.5 Å². The molecule has 2 aromatic rings. The Hall–Kier alpha value is -2.75. The molecule has 9 nitrogen and oxygen atoms in total. The van der Waals surface area contributed by atoms with Gasteiger partial charge in [-0.3, -0.25) is 15.2 Å². The molecule has 10 heteroatoms. The van der Waals surface area contributed by atoms with Crippen LogP contribution in [-0.4, -0.2) is 38.2 Å². The molecule has 0 amide bonds. The van der Waals surface area contributed by atoms with Crippen LogP contribution in [0, 0.1) is 14.9 Å². The number of nitrogens with zero attached hydrogens (tertiary/aromatic N) is 4. The lowest BCUT2D eigenvalue weighted by molar-refractivity contribution is -0.385. The number of unbranched alkanes of at least 4 members (excludes halogenated alkanes) is 1. The molecule has 2 rings (SSSR count). The highest BCUT2D eigenvalue weighted by molar-refractivity contribution is 7.71. The Kier molecular flexibility index (Phi) is 5.64. The minimum atomic E-state index is -0.574. The number of rotatable bonds is 7. The van der Waals surface area contributed by atoms with E-state index in [1.807, 2.05) is 0 Å². The van der Waals surface area contributed by atoms with Gasteiger partial charge in [0.15, 0.2) is 17.3 Å². The van der Waals surface area contributed by atoms with Crippen LogP contribution in [0.2, 0.25) is 0 Å². The first-order valence-corrected chi connectivity index (χ1v) is 7.64. The first-order chi connectivity index (χ1) is 11.5. The third-order valence-corrected chi connectivity index (χ3v) is 3.57. The van der Waals surface area contributed by atoms with Gasteiger partial charge in [0.1, 0.15) is 0 Å². The predicted molar refractivity (Wildman–Crippen MR) is 90.3 cm³/mol. The average molecular weight is 351 g/mol. The van der Waals surface area contributed by atoms with Gasteiger partial charge in [0, 0.05) is 18.1 Å². The number of nitro benzene ring substituents is 1. The Morgan fingerprint density at radius 3 is 2.96 bits per heavy atom. The number of aromatic amines is 1. The van der Waals surface area contributed by atoms with Gasteiger partial charge in [-0.2, -0.15) is 14.9 Å². The van der Waals surface area contributed by atoms with E-state index in [1.54, 1.807) is 0 Å². The summed E-state index contributed by atoms with van der Waals surface area (Å²) >= 11 is 5.12. The molecular weight excluding hydrogens is 334 g/mol. The van der Waals surface area contributed by atoms with Crippen LogP contribution in [0.4, 0.5) is 5.69 Å². The minimum absolute atomic E-state index is 0.00681. The van der Waals surface area contributed by atoms with E-state index in [4.69, 9.17) is 17.0 Å². The summed E-state index contributed by atoms with van der Waals surface area (Å²) in [5, 5.41) is 32.0. The number of hydrogen-bond donors (Lipinski definition) is 2. The van der Waals surface area contributed by atoms with Crippen LogP contribution in [0.1, 0.15) is 31.2 Å². The number of non-ortho nitro benzene ring substituents is 1. The fourth-order valence-corrected chi connectivity index (χ4v) is 2.23. The zero-order chi connectivity index (χ0) is 17.7. The van der Waals surface area contributed by atoms with Gasteiger partial charge < -0.3 is 9.84 Å². The maximum Gasteiger partial charge on any atom is 0.274 e. The summed E-state index contributed by atoms with van der Waals surface area (Å²) in [6, 6.07) is 2.35. The normalized spacial score (nSPS) is 11.1. The monoisotopic (exact) mass is 351 g/mol. The molecule has 0 saturated carbocycles. The molecule has 0 radical (unpaired) electrons. The van der Waals surface area contributed by atoms with E-state index in [2.05, 4.69) is 22.2 Å². The van der Waals surface area contributed by atoms with Crippen molar-refractivity contribution in [3.05, 3.63) is 38.4 Å². The third kappa shape index (κ3) is 3.77. The third-order valence-electron chi connectivity index (χ3n) is 3.30. The Labute approximate surface area is 142 Å². The largest absolute Gasteiger partial charge is 0.504 e. The van der Waals surface area contributed by atoms with Gasteiger partial charge in [-0.25, -0.2) is 0 Å². The molecule has 0 bridgehead atoms. The Morgan fingerprint density at radius 2 is 2.33 bits per heavy atom. The number of aryl methyl sites for hydroxylation is 1. The van der Waals surface area contributed by atoms with E-state index >= 15 is 0 Å². The molecule has 0 aliphatic carbocycles. The highest BCUT2D eigenvalue weighted by atomic mass is 32.1. The summed E-state index contributed by atoms with van der Waals surface area (Å²) < 4.78 is 6.68. The highest BCUT2D eigenvalue weighted by Gasteiger charge is 2.16. The lowest BCUT2D eigenvalue weighted by Crippen LogP contribution is -2.00. The van der Waals surface area contributed by atoms with Gasteiger partial charge >= 0.3 is 0 Å². The molecule has 128 valence electrons. The number of phenolic OH excluding ortho intramolecular Hbond substituents is 1. The van der Waals surface area contributed by atoms with Gasteiger partial charge in [0.2, 0.25) is 4.77 Å². The molecule has 0 aliphatic rings. The number of H-pyrrole nitrogens is 1. The van der Waals surface area contributed by atoms with E-state index < -0.39 is 4.92 Å². The van der Waals surface area contributed by atoms with Crippen molar-refractivity contribution >= 4 is 24.1 Å². The summed E-state index contributed by atoms with van der Waals surface area (Å²) in [4.78, 5) is 10.4. The van der Waals surface area contributed by atoms with Gasteiger partial charge in [-0.1, -0.05) is 13.3 Å². The molecule has 0 spiro atoms. The van der Waals surface area contributed by atoms with Gasteiger partial charge in [0.05, 0.1) is 24.3 Å². The second kappa shape index (κ2) is 7.68. The van der Waals surface area contributed by atoms with E-state index in [-0.39, 0.29) is 22.7 Å². The summed E-state index contributed by atoms with van der Waals surface area (Å²) in [5.74, 6) is 0.402. The number of nitrogens with one attached hydrogen (secondary N) is 1. The van der Waals surface area contributed by atoms with Crippen molar-refractivity contribution in [1.29, 1.82) is 0 Å². The SMILES string of the molecule is CCCCc1n[nH]c(=S)n1/N=C\c1cc([N+](=O)[O-])cc(OC)c1O. The Balaban J connectivity index is 2.42. The molecule has 0 atom stereocenters. The number of ether oxygens (including phenoxy) is 1. The Morgan fingerprint density at radius 1 is 1.58 bits per heavy atom. The van der Waals surface area contributed by atoms with Crippen LogP contribution in [0.25, 0.3) is 0 Å². The van der Waals surface area contributed by atoms with Crippen molar-refractivity contribution < 1.29 is 14.8 Å². The lowest BCUT2D eigenvalue weighted by Gasteiger charge is -2.06. The summed E-state index contributed by atoms with van der Waals surface area (Å²) in [6.07, 6.45) is 3.88. The number of benzene rings is 1. The number of methoxy groups -OCH3 is 1. The van der Waals surface area contributed by atoms with E-state index in [9.17, 15) is 15.2 Å². The van der Waals surface area contributed by atoms with Crippen LogP contribution in [-0.2, 0) is 6.42 Å². The molecule has 1 aromatic carbocycles. The summed E-state index contributed by atoms with van der Waals surface area (Å²) in [7, 11) is 1.31. The fourth-order valence-electron chi connectivity index (χ4n) is 2.03. The number of aromatic hydroxyl groups is 1. The van der Waals surface area contributed by atoms with Crippen LogP contribution >= 0.6 is 12.2 Å². The van der Waals surface area contributed by atoms with Gasteiger partial charge in [-0.15, -0.1) is 0 Å². The maximum atomic E-state index is 11.0. The fraction of sp³-hybridized carbons (Fsp3) is 0.357. The van der Waals surface area contributed by atoms with Crippen LogP contribution in [0.15, 0.2) is 17.2 Å². The smallest absolute Gasteiger partial charge is 0.274 e. The second-order valence-electron chi connectivity index (χ2n) is 4.95. The standard InChI is InChI=1S/C14H17N5O4S/c1-3-4-5-12-16-17-14(24)18(12)15-8-9-6-10(19(21)22)7-11(23-2)13(9)20/h6-8,20H,3-5H2,1-2H3,(H,17,24)/b15-8-. The highest BCUT2D eigenvalue weighted by Crippen LogP contribution is 2.33. The van der Waals surface area contributed by atoms with E-state index in [0.717, 1.165) is 18.9 Å². The average Bonchev–Trinajstić information content (AvgIpc) is 2.91. The van der Waals surface area contributed by atoms with Crippen LogP contribution in [0.5, 0.6) is 11.5 Å². The second-order valence-corrected chi connectivity index (χ2v) is 5.33. The molecule has 2 N–H and O–H groups in total. The topological polar surface area (TPSA) is 119 Å². The number of nitro groups is 1. The first kappa shape index (κ1) is 17.6. The zero-order valence-corrected chi connectivity index (χ0v) is 14.0.